The molecule has 1 unspecified atom stereocenters. The third-order valence-electron chi connectivity index (χ3n) is 2.99. The van der Waals surface area contributed by atoms with Crippen LogP contribution in [0.5, 0.6) is 0 Å². The maximum absolute atomic E-state index is 12.4. The molecule has 1 aromatic heterocycles. The van der Waals surface area contributed by atoms with Crippen molar-refractivity contribution in [1.82, 2.24) is 9.71 Å². The minimum Gasteiger partial charge on any atom is -0.461 e. The molecule has 0 saturated heterocycles. The molecule has 1 rings (SSSR count). The number of rotatable bonds is 7. The monoisotopic (exact) mass is 314 g/mol. The van der Waals surface area contributed by atoms with Gasteiger partial charge in [-0.05, 0) is 34.1 Å². The Hall–Kier alpha value is -1.60. The van der Waals surface area contributed by atoms with E-state index in [2.05, 4.69) is 16.3 Å². The van der Waals surface area contributed by atoms with E-state index in [4.69, 9.17) is 4.74 Å². The van der Waals surface area contributed by atoms with Gasteiger partial charge in [-0.1, -0.05) is 6.08 Å². The third-order valence-corrected chi connectivity index (χ3v) is 4.86. The molecule has 0 aliphatic carbocycles. The molecule has 0 saturated carbocycles. The number of esters is 1. The number of aromatic amines is 1. The van der Waals surface area contributed by atoms with Crippen molar-refractivity contribution < 1.29 is 17.9 Å². The summed E-state index contributed by atoms with van der Waals surface area (Å²) < 4.78 is 32.3. The average Bonchev–Trinajstić information content (AvgIpc) is 2.65. The molecule has 21 heavy (non-hydrogen) atoms. The first-order chi connectivity index (χ1) is 9.74. The molecule has 1 heterocycles. The number of H-pyrrole nitrogens is 1. The fourth-order valence-electron chi connectivity index (χ4n) is 2.17. The van der Waals surface area contributed by atoms with Gasteiger partial charge in [0.1, 0.15) is 10.6 Å². The lowest BCUT2D eigenvalue weighted by molar-refractivity contribution is 0.0519. The smallest absolute Gasteiger partial charge is 0.355 e. The van der Waals surface area contributed by atoms with Crippen molar-refractivity contribution in [2.45, 2.75) is 45.1 Å². The van der Waals surface area contributed by atoms with Gasteiger partial charge < -0.3 is 9.72 Å². The predicted molar refractivity (Wildman–Crippen MR) is 80.8 cm³/mol. The van der Waals surface area contributed by atoms with Crippen LogP contribution in [0.1, 0.15) is 42.0 Å². The van der Waals surface area contributed by atoms with Gasteiger partial charge in [0, 0.05) is 17.3 Å². The van der Waals surface area contributed by atoms with Gasteiger partial charge >= 0.3 is 5.97 Å². The Morgan fingerprint density at radius 2 is 2.10 bits per heavy atom. The molecular weight excluding hydrogens is 292 g/mol. The second-order valence-electron chi connectivity index (χ2n) is 4.85. The molecule has 0 aliphatic rings. The zero-order chi connectivity index (χ0) is 16.2. The zero-order valence-corrected chi connectivity index (χ0v) is 13.6. The predicted octanol–water partition coefficient (Wildman–Crippen LogP) is 2.05. The number of ether oxygens (including phenoxy) is 1. The molecule has 1 aromatic rings. The maximum Gasteiger partial charge on any atom is 0.355 e. The fraction of sp³-hybridized carbons (Fsp3) is 0.500. The van der Waals surface area contributed by atoms with Crippen molar-refractivity contribution >= 4 is 16.0 Å². The second kappa shape index (κ2) is 6.91. The van der Waals surface area contributed by atoms with E-state index in [0.29, 0.717) is 17.7 Å². The minimum atomic E-state index is -3.71. The molecule has 0 aliphatic heterocycles. The summed E-state index contributed by atoms with van der Waals surface area (Å²) >= 11 is 0. The van der Waals surface area contributed by atoms with Crippen molar-refractivity contribution in [1.29, 1.82) is 0 Å². The Morgan fingerprint density at radius 1 is 1.48 bits per heavy atom. The molecule has 2 N–H and O–H groups in total. The Morgan fingerprint density at radius 3 is 2.62 bits per heavy atom. The maximum atomic E-state index is 12.4. The summed E-state index contributed by atoms with van der Waals surface area (Å²) in [6, 6.07) is -0.271. The molecule has 118 valence electrons. The van der Waals surface area contributed by atoms with Crippen molar-refractivity contribution in [2.24, 2.45) is 0 Å². The molecule has 0 radical (unpaired) electrons. The van der Waals surface area contributed by atoms with Crippen LogP contribution in [-0.2, 0) is 14.8 Å². The third kappa shape index (κ3) is 3.95. The van der Waals surface area contributed by atoms with Crippen LogP contribution in [0, 0.1) is 13.8 Å². The van der Waals surface area contributed by atoms with Gasteiger partial charge in [0.25, 0.3) is 0 Å². The lowest BCUT2D eigenvalue weighted by atomic mass is 10.2. The number of aryl methyl sites for hydroxylation is 1. The highest BCUT2D eigenvalue weighted by molar-refractivity contribution is 7.89. The van der Waals surface area contributed by atoms with Gasteiger partial charge in [0.15, 0.2) is 0 Å². The first-order valence-electron chi connectivity index (χ1n) is 6.74. The van der Waals surface area contributed by atoms with E-state index in [0.717, 1.165) is 0 Å². The minimum absolute atomic E-state index is 0.0986. The van der Waals surface area contributed by atoms with Crippen molar-refractivity contribution in [2.75, 3.05) is 6.61 Å². The summed E-state index contributed by atoms with van der Waals surface area (Å²) in [6.07, 6.45) is 2.17. The molecule has 1 atom stereocenters. The van der Waals surface area contributed by atoms with E-state index in [1.807, 2.05) is 0 Å². The molecule has 0 amide bonds. The number of sulfonamides is 1. The average molecular weight is 314 g/mol. The number of aromatic nitrogens is 1. The van der Waals surface area contributed by atoms with Crippen LogP contribution in [0.15, 0.2) is 17.6 Å². The highest BCUT2D eigenvalue weighted by Gasteiger charge is 2.27. The van der Waals surface area contributed by atoms with E-state index in [-0.39, 0.29) is 23.2 Å². The zero-order valence-electron chi connectivity index (χ0n) is 12.8. The van der Waals surface area contributed by atoms with Gasteiger partial charge in [-0.25, -0.2) is 17.9 Å². The summed E-state index contributed by atoms with van der Waals surface area (Å²) in [4.78, 5) is 14.7. The molecule has 0 spiro atoms. The number of hydrogen-bond donors (Lipinski definition) is 2. The van der Waals surface area contributed by atoms with E-state index < -0.39 is 16.0 Å². The Balaban J connectivity index is 3.19. The summed E-state index contributed by atoms with van der Waals surface area (Å²) in [6.45, 7) is 10.5. The Kier molecular flexibility index (Phi) is 5.74. The van der Waals surface area contributed by atoms with Crippen LogP contribution in [0.2, 0.25) is 0 Å². The summed E-state index contributed by atoms with van der Waals surface area (Å²) in [5.74, 6) is -0.557. The summed E-state index contributed by atoms with van der Waals surface area (Å²) in [5, 5.41) is 0. The van der Waals surface area contributed by atoms with E-state index in [1.54, 1.807) is 33.8 Å². The topological polar surface area (TPSA) is 88.3 Å². The number of nitrogens with one attached hydrogen (secondary N) is 2. The molecule has 0 aromatic carbocycles. The number of hydrogen-bond acceptors (Lipinski definition) is 4. The molecule has 6 nitrogen and oxygen atoms in total. The van der Waals surface area contributed by atoms with Crippen LogP contribution in [-0.4, -0.2) is 32.0 Å². The van der Waals surface area contributed by atoms with Gasteiger partial charge in [-0.15, -0.1) is 6.58 Å². The lowest BCUT2D eigenvalue weighted by Crippen LogP contribution is -2.32. The quantitative estimate of drug-likeness (QED) is 0.595. The van der Waals surface area contributed by atoms with Gasteiger partial charge in [-0.3, -0.25) is 0 Å². The molecule has 0 bridgehead atoms. The molecular formula is C14H22N2O4S. The van der Waals surface area contributed by atoms with Crippen molar-refractivity contribution in [3.05, 3.63) is 29.6 Å². The van der Waals surface area contributed by atoms with Crippen molar-refractivity contribution in [3.8, 4) is 0 Å². The SMILES string of the molecule is C=CCC(C)NS(=O)(=O)c1c(C)[nH]c(C(=O)OCC)c1C. The van der Waals surface area contributed by atoms with Crippen LogP contribution in [0.25, 0.3) is 0 Å². The van der Waals surface area contributed by atoms with E-state index in [9.17, 15) is 13.2 Å². The highest BCUT2D eigenvalue weighted by Crippen LogP contribution is 2.24. The normalized spacial score (nSPS) is 13.0. The Bertz CT molecular complexity index is 632. The molecule has 0 fully saturated rings. The fourth-order valence-corrected chi connectivity index (χ4v) is 3.87. The Labute approximate surface area is 125 Å². The second-order valence-corrected chi connectivity index (χ2v) is 6.50. The van der Waals surface area contributed by atoms with E-state index >= 15 is 0 Å². The van der Waals surface area contributed by atoms with Gasteiger partial charge in [0.05, 0.1) is 6.61 Å². The number of carbonyl (C=O) groups excluding carboxylic acids is 1. The first-order valence-corrected chi connectivity index (χ1v) is 8.22. The van der Waals surface area contributed by atoms with Crippen LogP contribution in [0.4, 0.5) is 0 Å². The highest BCUT2D eigenvalue weighted by atomic mass is 32.2. The van der Waals surface area contributed by atoms with Crippen LogP contribution < -0.4 is 4.72 Å². The largest absolute Gasteiger partial charge is 0.461 e. The summed E-state index contributed by atoms with van der Waals surface area (Å²) in [7, 11) is -3.71. The molecule has 7 heteroatoms. The standard InChI is InChI=1S/C14H22N2O4S/c1-6-8-9(3)16-21(18,19)13-10(4)12(15-11(13)5)14(17)20-7-2/h6,9,15-16H,1,7-8H2,2-5H3. The van der Waals surface area contributed by atoms with Crippen molar-refractivity contribution in [3.63, 3.8) is 0 Å². The van der Waals surface area contributed by atoms with E-state index in [1.165, 1.54) is 0 Å². The van der Waals surface area contributed by atoms with Gasteiger partial charge in [-0.2, -0.15) is 0 Å². The van der Waals surface area contributed by atoms with Crippen LogP contribution >= 0.6 is 0 Å². The lowest BCUT2D eigenvalue weighted by Gasteiger charge is -2.13. The number of carbonyl (C=O) groups is 1. The first kappa shape index (κ1) is 17.5. The van der Waals surface area contributed by atoms with Gasteiger partial charge in [0.2, 0.25) is 10.0 Å². The van der Waals surface area contributed by atoms with Crippen LogP contribution in [0.3, 0.4) is 0 Å². The summed E-state index contributed by atoms with van der Waals surface area (Å²) in [5.41, 5.74) is 0.948.